The van der Waals surface area contributed by atoms with Gasteiger partial charge in [-0.25, -0.2) is 4.57 Å². The Morgan fingerprint density at radius 3 is 1.47 bits per heavy atom. The molecule has 0 aromatic heterocycles. The molecular formula is C40H63O8P. The van der Waals surface area contributed by atoms with Crippen molar-refractivity contribution in [2.45, 2.75) is 123 Å². The van der Waals surface area contributed by atoms with Crippen molar-refractivity contribution in [3.05, 3.63) is 97.2 Å². The second-order valence-electron chi connectivity index (χ2n) is 11.2. The summed E-state index contributed by atoms with van der Waals surface area (Å²) in [6.45, 7) is 3.55. The van der Waals surface area contributed by atoms with Gasteiger partial charge in [0, 0.05) is 20.0 Å². The maximum atomic E-state index is 12.4. The van der Waals surface area contributed by atoms with Gasteiger partial charge in [-0.2, -0.15) is 0 Å². The topological polar surface area (TPSA) is 108 Å². The maximum absolute atomic E-state index is 12.4. The number of unbranched alkanes of at least 4 members (excludes halogenated alkanes) is 4. The van der Waals surface area contributed by atoms with E-state index in [0.717, 1.165) is 77.7 Å². The molecule has 0 saturated carbocycles. The van der Waals surface area contributed by atoms with E-state index in [1.165, 1.54) is 0 Å². The maximum Gasteiger partial charge on any atom is 0.472 e. The Morgan fingerprint density at radius 1 is 0.571 bits per heavy atom. The van der Waals surface area contributed by atoms with Crippen LogP contribution in [0.25, 0.3) is 0 Å². The van der Waals surface area contributed by atoms with Crippen molar-refractivity contribution in [2.24, 2.45) is 0 Å². The second kappa shape index (κ2) is 34.8. The zero-order valence-corrected chi connectivity index (χ0v) is 31.2. The second-order valence-corrected chi connectivity index (χ2v) is 12.8. The van der Waals surface area contributed by atoms with Crippen molar-refractivity contribution in [3.63, 3.8) is 0 Å². The molecule has 2 atom stereocenters. The molecule has 0 saturated heterocycles. The first-order valence-electron chi connectivity index (χ1n) is 17.9. The number of esters is 2. The van der Waals surface area contributed by atoms with Gasteiger partial charge in [0.1, 0.15) is 6.61 Å². The average Bonchev–Trinajstić information content (AvgIpc) is 3.09. The lowest BCUT2D eigenvalue weighted by molar-refractivity contribution is -0.161. The van der Waals surface area contributed by atoms with E-state index in [9.17, 15) is 19.0 Å². The van der Waals surface area contributed by atoms with Gasteiger partial charge in [0.2, 0.25) is 0 Å². The van der Waals surface area contributed by atoms with Crippen molar-refractivity contribution in [1.29, 1.82) is 0 Å². The minimum atomic E-state index is -4.28. The van der Waals surface area contributed by atoms with Crippen LogP contribution in [0.2, 0.25) is 0 Å². The quantitative estimate of drug-likeness (QED) is 0.0329. The molecule has 49 heavy (non-hydrogen) atoms. The van der Waals surface area contributed by atoms with E-state index in [2.05, 4.69) is 110 Å². The van der Waals surface area contributed by atoms with E-state index in [1.807, 2.05) is 6.08 Å². The Morgan fingerprint density at radius 2 is 1.00 bits per heavy atom. The Labute approximate surface area is 297 Å². The fourth-order valence-corrected chi connectivity index (χ4v) is 4.58. The standard InChI is InChI=1S/C40H63O8P/c1-4-6-8-10-12-14-16-18-19-20-21-23-25-27-29-31-33-35-40(42)48-38(37-47-49(43,44)45-3)36-46-39(41)34-32-30-28-26-24-22-17-15-13-11-9-7-5-2/h6-9,12-15,18-19,21-24,27,29,38H,4-5,10-11,16-17,20,25-26,28,30-37H2,1-3H3,(H,43,44)/b8-6-,9-7-,14-12-,15-13-,19-18-,23-21-,24-22-,29-27-. The van der Waals surface area contributed by atoms with Crippen LogP contribution < -0.4 is 0 Å². The molecule has 0 bridgehead atoms. The lowest BCUT2D eigenvalue weighted by Gasteiger charge is -2.19. The van der Waals surface area contributed by atoms with Crippen LogP contribution in [0.4, 0.5) is 0 Å². The molecule has 0 rings (SSSR count). The van der Waals surface area contributed by atoms with Gasteiger partial charge in [-0.15, -0.1) is 0 Å². The minimum absolute atomic E-state index is 0.154. The number of phosphoric acid groups is 1. The zero-order valence-electron chi connectivity index (χ0n) is 30.3. The normalized spacial score (nSPS) is 14.6. The summed E-state index contributed by atoms with van der Waals surface area (Å²) in [5.74, 6) is -0.921. The van der Waals surface area contributed by atoms with Crippen LogP contribution in [0.3, 0.4) is 0 Å². The molecule has 0 aromatic rings. The van der Waals surface area contributed by atoms with Crippen molar-refractivity contribution in [1.82, 2.24) is 0 Å². The molecule has 0 heterocycles. The predicted molar refractivity (Wildman–Crippen MR) is 202 cm³/mol. The highest BCUT2D eigenvalue weighted by Gasteiger charge is 2.24. The van der Waals surface area contributed by atoms with Gasteiger partial charge < -0.3 is 14.4 Å². The molecule has 9 heteroatoms. The lowest BCUT2D eigenvalue weighted by Crippen LogP contribution is -2.29. The van der Waals surface area contributed by atoms with Crippen LogP contribution in [0.5, 0.6) is 0 Å². The molecule has 2 unspecified atom stereocenters. The Kier molecular flexibility index (Phi) is 32.7. The number of allylic oxidation sites excluding steroid dienone is 16. The SMILES string of the molecule is CC/C=C\C/C=C\C/C=C\C/C=C\C/C=C\CCCC(=O)OC(COC(=O)CCCCC/C=C\C/C=C\C/C=C\CC)COP(=O)(O)OC. The highest BCUT2D eigenvalue weighted by Crippen LogP contribution is 2.42. The summed E-state index contributed by atoms with van der Waals surface area (Å²) >= 11 is 0. The molecule has 0 aliphatic heterocycles. The highest BCUT2D eigenvalue weighted by atomic mass is 31.2. The van der Waals surface area contributed by atoms with Crippen molar-refractivity contribution < 1.29 is 37.6 Å². The molecule has 0 aliphatic carbocycles. The van der Waals surface area contributed by atoms with Crippen molar-refractivity contribution in [3.8, 4) is 0 Å². The molecule has 0 aliphatic rings. The van der Waals surface area contributed by atoms with Gasteiger partial charge in [-0.05, 0) is 83.5 Å². The number of carbonyl (C=O) groups excluding carboxylic acids is 2. The minimum Gasteiger partial charge on any atom is -0.462 e. The van der Waals surface area contributed by atoms with Crippen LogP contribution in [0.1, 0.15) is 117 Å². The molecule has 0 spiro atoms. The Balaban J connectivity index is 4.28. The van der Waals surface area contributed by atoms with E-state index < -0.39 is 32.5 Å². The first kappa shape index (κ1) is 46.0. The third kappa shape index (κ3) is 34.6. The number of ether oxygens (including phenoxy) is 2. The molecule has 1 N–H and O–H groups in total. The summed E-state index contributed by atoms with van der Waals surface area (Å²) < 4.78 is 31.7. The Bertz CT molecular complexity index is 1110. The monoisotopic (exact) mass is 702 g/mol. The van der Waals surface area contributed by atoms with E-state index in [0.29, 0.717) is 19.3 Å². The smallest absolute Gasteiger partial charge is 0.462 e. The summed E-state index contributed by atoms with van der Waals surface area (Å²) in [6.07, 6.45) is 46.1. The number of hydrogen-bond acceptors (Lipinski definition) is 7. The average molecular weight is 703 g/mol. The molecule has 0 aromatic carbocycles. The predicted octanol–water partition coefficient (Wildman–Crippen LogP) is 10.9. The molecule has 0 radical (unpaired) electrons. The number of phosphoric ester groups is 1. The molecule has 0 amide bonds. The van der Waals surface area contributed by atoms with E-state index >= 15 is 0 Å². The van der Waals surface area contributed by atoms with Crippen LogP contribution in [0, 0.1) is 0 Å². The summed E-state index contributed by atoms with van der Waals surface area (Å²) in [5, 5.41) is 0. The van der Waals surface area contributed by atoms with Gasteiger partial charge in [0.25, 0.3) is 0 Å². The first-order chi connectivity index (χ1) is 23.8. The zero-order chi connectivity index (χ0) is 36.1. The summed E-state index contributed by atoms with van der Waals surface area (Å²) in [5.41, 5.74) is 0. The fraction of sp³-hybridized carbons (Fsp3) is 0.550. The van der Waals surface area contributed by atoms with Crippen LogP contribution >= 0.6 is 7.82 Å². The molecule has 0 fully saturated rings. The molecule has 276 valence electrons. The van der Waals surface area contributed by atoms with Crippen molar-refractivity contribution in [2.75, 3.05) is 20.3 Å². The van der Waals surface area contributed by atoms with Crippen LogP contribution in [0.15, 0.2) is 97.2 Å². The Hall–Kier alpha value is -3.03. The van der Waals surface area contributed by atoms with Crippen molar-refractivity contribution >= 4 is 19.8 Å². The third-order valence-corrected chi connectivity index (χ3v) is 7.76. The summed E-state index contributed by atoms with van der Waals surface area (Å²) in [6, 6.07) is 0. The number of carbonyl (C=O) groups is 2. The molecular weight excluding hydrogens is 639 g/mol. The van der Waals surface area contributed by atoms with Gasteiger partial charge >= 0.3 is 19.8 Å². The first-order valence-corrected chi connectivity index (χ1v) is 19.4. The molecule has 8 nitrogen and oxygen atoms in total. The summed E-state index contributed by atoms with van der Waals surface area (Å²) in [4.78, 5) is 34.2. The highest BCUT2D eigenvalue weighted by molar-refractivity contribution is 7.47. The fourth-order valence-electron chi connectivity index (χ4n) is 4.12. The van der Waals surface area contributed by atoms with Crippen LogP contribution in [-0.4, -0.2) is 43.3 Å². The van der Waals surface area contributed by atoms with E-state index in [4.69, 9.17) is 14.0 Å². The van der Waals surface area contributed by atoms with Gasteiger partial charge in [-0.3, -0.25) is 18.6 Å². The lowest BCUT2D eigenvalue weighted by atomic mass is 10.1. The van der Waals surface area contributed by atoms with Gasteiger partial charge in [-0.1, -0.05) is 117 Å². The summed E-state index contributed by atoms with van der Waals surface area (Å²) in [7, 11) is -3.25. The van der Waals surface area contributed by atoms with E-state index in [1.54, 1.807) is 0 Å². The van der Waals surface area contributed by atoms with Gasteiger partial charge in [0.15, 0.2) is 6.10 Å². The van der Waals surface area contributed by atoms with E-state index in [-0.39, 0.29) is 19.4 Å². The number of hydrogen-bond donors (Lipinski definition) is 1. The third-order valence-electron chi connectivity index (χ3n) is 6.82. The largest absolute Gasteiger partial charge is 0.472 e. The van der Waals surface area contributed by atoms with Gasteiger partial charge in [0.05, 0.1) is 6.61 Å². The number of rotatable bonds is 31. The van der Waals surface area contributed by atoms with Crippen LogP contribution in [-0.2, 0) is 32.7 Å².